The van der Waals surface area contributed by atoms with Gasteiger partial charge in [-0.15, -0.1) is 0 Å². The summed E-state index contributed by atoms with van der Waals surface area (Å²) in [5.41, 5.74) is 1.40. The minimum atomic E-state index is -0.251. The van der Waals surface area contributed by atoms with Crippen LogP contribution < -0.4 is 5.32 Å². The molecule has 108 valence electrons. The van der Waals surface area contributed by atoms with E-state index in [1.807, 2.05) is 28.4 Å². The minimum absolute atomic E-state index is 0.0387. The Kier molecular flexibility index (Phi) is 3.83. The first-order chi connectivity index (χ1) is 10.2. The van der Waals surface area contributed by atoms with Gasteiger partial charge >= 0.3 is 0 Å². The van der Waals surface area contributed by atoms with Crippen molar-refractivity contribution in [3.8, 4) is 0 Å². The van der Waals surface area contributed by atoms with Crippen molar-refractivity contribution in [2.45, 2.75) is 13.0 Å². The molecular formula is C14H14N4O2S. The van der Waals surface area contributed by atoms with E-state index in [1.165, 1.54) is 0 Å². The maximum absolute atomic E-state index is 12.0. The molecule has 0 spiro atoms. The molecule has 3 rings (SSSR count). The van der Waals surface area contributed by atoms with Crippen LogP contribution >= 0.6 is 11.3 Å². The molecule has 0 aliphatic rings. The molecule has 1 atom stereocenters. The maximum atomic E-state index is 12.0. The number of hydrogen-bond acceptors (Lipinski definition) is 5. The van der Waals surface area contributed by atoms with Gasteiger partial charge in [0, 0.05) is 25.0 Å². The molecule has 3 heterocycles. The van der Waals surface area contributed by atoms with Crippen LogP contribution in [-0.2, 0) is 0 Å². The monoisotopic (exact) mass is 302 g/mol. The van der Waals surface area contributed by atoms with Gasteiger partial charge in [0.25, 0.3) is 5.91 Å². The van der Waals surface area contributed by atoms with Gasteiger partial charge in [0.15, 0.2) is 5.69 Å². The summed E-state index contributed by atoms with van der Waals surface area (Å²) >= 11 is 1.62. The summed E-state index contributed by atoms with van der Waals surface area (Å²) in [6, 6.07) is 5.47. The fourth-order valence-electron chi connectivity index (χ4n) is 2.05. The van der Waals surface area contributed by atoms with E-state index in [0.717, 1.165) is 5.56 Å². The first-order valence-electron chi connectivity index (χ1n) is 6.47. The van der Waals surface area contributed by atoms with Crippen molar-refractivity contribution >= 4 is 17.2 Å². The third-order valence-corrected chi connectivity index (χ3v) is 3.79. The van der Waals surface area contributed by atoms with Gasteiger partial charge in [-0.2, -0.15) is 16.4 Å². The first kappa shape index (κ1) is 13.6. The number of carbonyl (C=O) groups excluding carboxylic acids is 1. The van der Waals surface area contributed by atoms with Crippen LogP contribution in [-0.4, -0.2) is 27.4 Å². The van der Waals surface area contributed by atoms with Crippen molar-refractivity contribution < 1.29 is 9.32 Å². The molecular weight excluding hydrogens is 288 g/mol. The van der Waals surface area contributed by atoms with Crippen molar-refractivity contribution in [2.24, 2.45) is 0 Å². The Bertz CT molecular complexity index is 669. The summed E-state index contributed by atoms with van der Waals surface area (Å²) in [5.74, 6) is 0.362. The lowest BCUT2D eigenvalue weighted by atomic mass is 10.1. The zero-order chi connectivity index (χ0) is 14.7. The summed E-state index contributed by atoms with van der Waals surface area (Å²) < 4.78 is 6.74. The second kappa shape index (κ2) is 5.92. The number of aromatic nitrogens is 3. The Morgan fingerprint density at radius 3 is 3.10 bits per heavy atom. The minimum Gasteiger partial charge on any atom is -0.361 e. The molecule has 21 heavy (non-hydrogen) atoms. The largest absolute Gasteiger partial charge is 0.361 e. The first-order valence-corrected chi connectivity index (χ1v) is 7.41. The summed E-state index contributed by atoms with van der Waals surface area (Å²) in [7, 11) is 0. The number of aryl methyl sites for hydroxylation is 1. The number of thiophene rings is 1. The van der Waals surface area contributed by atoms with Crippen molar-refractivity contribution in [1.29, 1.82) is 0 Å². The van der Waals surface area contributed by atoms with Crippen LogP contribution in [0, 0.1) is 6.92 Å². The summed E-state index contributed by atoms with van der Waals surface area (Å²) in [6.45, 7) is 2.19. The Morgan fingerprint density at radius 1 is 1.57 bits per heavy atom. The Labute approximate surface area is 125 Å². The van der Waals surface area contributed by atoms with Gasteiger partial charge in [0.05, 0.1) is 6.04 Å². The molecule has 0 unspecified atom stereocenters. The van der Waals surface area contributed by atoms with Gasteiger partial charge in [-0.25, -0.2) is 0 Å². The Hall–Kier alpha value is -2.41. The van der Waals surface area contributed by atoms with Crippen molar-refractivity contribution in [3.63, 3.8) is 0 Å². The Balaban J connectivity index is 1.72. The van der Waals surface area contributed by atoms with E-state index in [4.69, 9.17) is 4.52 Å². The summed E-state index contributed by atoms with van der Waals surface area (Å²) in [4.78, 5) is 12.0. The molecule has 0 saturated heterocycles. The zero-order valence-corrected chi connectivity index (χ0v) is 12.2. The molecule has 0 bridgehead atoms. The normalized spacial score (nSPS) is 12.2. The second-order valence-corrected chi connectivity index (χ2v) is 5.37. The predicted molar refractivity (Wildman–Crippen MR) is 78.3 cm³/mol. The third-order valence-electron chi connectivity index (χ3n) is 3.09. The van der Waals surface area contributed by atoms with Gasteiger partial charge < -0.3 is 9.84 Å². The van der Waals surface area contributed by atoms with Gasteiger partial charge in [0.2, 0.25) is 0 Å². The van der Waals surface area contributed by atoms with Crippen LogP contribution in [0.5, 0.6) is 0 Å². The highest BCUT2D eigenvalue weighted by Crippen LogP contribution is 2.19. The molecule has 1 N–H and O–H groups in total. The number of rotatable bonds is 5. The van der Waals surface area contributed by atoms with E-state index in [0.29, 0.717) is 12.3 Å². The van der Waals surface area contributed by atoms with E-state index in [1.54, 1.807) is 30.5 Å². The molecule has 3 aromatic heterocycles. The molecule has 0 fully saturated rings. The van der Waals surface area contributed by atoms with Gasteiger partial charge in [-0.05, 0) is 35.4 Å². The molecule has 0 aromatic carbocycles. The number of carbonyl (C=O) groups is 1. The number of hydrogen-bond donors (Lipinski definition) is 1. The van der Waals surface area contributed by atoms with E-state index in [9.17, 15) is 4.79 Å². The third kappa shape index (κ3) is 3.03. The SMILES string of the molecule is Cc1cc(C(=O)NC[C@H](c2ccsc2)n2cccn2)no1. The van der Waals surface area contributed by atoms with Crippen LogP contribution in [0.2, 0.25) is 0 Å². The summed E-state index contributed by atoms with van der Waals surface area (Å²) in [6.07, 6.45) is 3.61. The number of nitrogens with one attached hydrogen (secondary N) is 1. The fraction of sp³-hybridized carbons (Fsp3) is 0.214. The quantitative estimate of drug-likeness (QED) is 0.784. The van der Waals surface area contributed by atoms with E-state index in [-0.39, 0.29) is 17.6 Å². The predicted octanol–water partition coefficient (Wildman–Crippen LogP) is 2.26. The van der Waals surface area contributed by atoms with E-state index < -0.39 is 0 Å². The van der Waals surface area contributed by atoms with Crippen molar-refractivity contribution in [1.82, 2.24) is 20.3 Å². The lowest BCUT2D eigenvalue weighted by molar-refractivity contribution is 0.0940. The number of nitrogens with zero attached hydrogens (tertiary/aromatic N) is 3. The highest BCUT2D eigenvalue weighted by molar-refractivity contribution is 7.07. The van der Waals surface area contributed by atoms with Gasteiger partial charge in [-0.1, -0.05) is 5.16 Å². The van der Waals surface area contributed by atoms with Crippen LogP contribution in [0.25, 0.3) is 0 Å². The van der Waals surface area contributed by atoms with Crippen LogP contribution in [0.15, 0.2) is 45.9 Å². The highest BCUT2D eigenvalue weighted by atomic mass is 32.1. The molecule has 3 aromatic rings. The zero-order valence-electron chi connectivity index (χ0n) is 11.4. The fourth-order valence-corrected chi connectivity index (χ4v) is 2.75. The standard InChI is InChI=1S/C14H14N4O2S/c1-10-7-12(17-20-10)14(19)15-8-13(11-3-6-21-9-11)18-5-2-4-16-18/h2-7,9,13H,8H2,1H3,(H,15,19)/t13-/m1/s1. The Morgan fingerprint density at radius 2 is 2.48 bits per heavy atom. The van der Waals surface area contributed by atoms with E-state index in [2.05, 4.69) is 21.0 Å². The maximum Gasteiger partial charge on any atom is 0.273 e. The lowest BCUT2D eigenvalue weighted by Gasteiger charge is -2.17. The molecule has 1 amide bonds. The second-order valence-electron chi connectivity index (χ2n) is 4.59. The van der Waals surface area contributed by atoms with Crippen LogP contribution in [0.1, 0.15) is 27.9 Å². The average Bonchev–Trinajstić information content (AvgIpc) is 3.21. The number of amides is 1. The van der Waals surface area contributed by atoms with Gasteiger partial charge in [0.1, 0.15) is 5.76 Å². The smallest absolute Gasteiger partial charge is 0.273 e. The molecule has 0 radical (unpaired) electrons. The van der Waals surface area contributed by atoms with Crippen LogP contribution in [0.3, 0.4) is 0 Å². The average molecular weight is 302 g/mol. The molecule has 0 saturated carbocycles. The van der Waals surface area contributed by atoms with Gasteiger partial charge in [-0.3, -0.25) is 9.48 Å². The molecule has 7 heteroatoms. The van der Waals surface area contributed by atoms with Crippen molar-refractivity contribution in [3.05, 3.63) is 58.4 Å². The topological polar surface area (TPSA) is 73.0 Å². The molecule has 0 aliphatic heterocycles. The lowest BCUT2D eigenvalue weighted by Crippen LogP contribution is -2.31. The van der Waals surface area contributed by atoms with Crippen LogP contribution in [0.4, 0.5) is 0 Å². The highest BCUT2D eigenvalue weighted by Gasteiger charge is 2.17. The molecule has 6 nitrogen and oxygen atoms in total. The summed E-state index contributed by atoms with van der Waals surface area (Å²) in [5, 5.41) is 14.9. The molecule has 0 aliphatic carbocycles. The van der Waals surface area contributed by atoms with Crippen molar-refractivity contribution in [2.75, 3.05) is 6.54 Å². The van der Waals surface area contributed by atoms with E-state index >= 15 is 0 Å².